The van der Waals surface area contributed by atoms with Crippen LogP contribution in [0.1, 0.15) is 53.4 Å². The number of amidine groups is 1. The van der Waals surface area contributed by atoms with Gasteiger partial charge in [0.1, 0.15) is 0 Å². The number of ether oxygens (including phenoxy) is 1. The van der Waals surface area contributed by atoms with Crippen LogP contribution < -0.4 is 5.73 Å². The van der Waals surface area contributed by atoms with Gasteiger partial charge in [-0.15, -0.1) is 0 Å². The molecule has 1 aliphatic carbocycles. The number of nitrogens with two attached hydrogens (primary N) is 1. The summed E-state index contributed by atoms with van der Waals surface area (Å²) in [5.41, 5.74) is 5.35. The Labute approximate surface area is 110 Å². The summed E-state index contributed by atoms with van der Waals surface area (Å²) in [5, 5.41) is 7.42. The van der Waals surface area contributed by atoms with E-state index in [2.05, 4.69) is 32.6 Å². The van der Waals surface area contributed by atoms with Crippen molar-refractivity contribution in [3.8, 4) is 0 Å². The van der Waals surface area contributed by atoms with Gasteiger partial charge >= 0.3 is 0 Å². The maximum Gasteiger partial charge on any atom is 0.0918 e. The first-order valence-corrected chi connectivity index (χ1v) is 7.00. The fourth-order valence-corrected chi connectivity index (χ4v) is 3.30. The van der Waals surface area contributed by atoms with E-state index in [1.165, 1.54) is 12.8 Å². The van der Waals surface area contributed by atoms with E-state index in [4.69, 9.17) is 15.9 Å². The monoisotopic (exact) mass is 253 g/mol. The van der Waals surface area contributed by atoms with Gasteiger partial charge in [0.25, 0.3) is 0 Å². The van der Waals surface area contributed by atoms with Gasteiger partial charge in [0.2, 0.25) is 0 Å². The van der Waals surface area contributed by atoms with Crippen LogP contribution in [-0.2, 0) is 4.74 Å². The predicted molar refractivity (Wildman–Crippen MR) is 73.9 cm³/mol. The summed E-state index contributed by atoms with van der Waals surface area (Å²) in [7, 11) is 0. The van der Waals surface area contributed by atoms with Crippen molar-refractivity contribution >= 4 is 5.84 Å². The zero-order valence-electron chi connectivity index (χ0n) is 12.1. The highest BCUT2D eigenvalue weighted by Gasteiger charge is 2.50. The molecule has 0 spiro atoms. The zero-order valence-corrected chi connectivity index (χ0v) is 12.1. The Bertz CT molecular complexity index is 334. The number of nitrogens with one attached hydrogen (secondary N) is 1. The standard InChI is InChI=1S/C14H27N3O/c1-13(2)9-11(14(3,4)18-13)17(10-5-6-10)8-7-12(15)16/h10-11H,5-9H2,1-4H3,(H3,15,16). The summed E-state index contributed by atoms with van der Waals surface area (Å²) in [6, 6.07) is 1.13. The average Bonchev–Trinajstić information content (AvgIpc) is 2.94. The van der Waals surface area contributed by atoms with E-state index >= 15 is 0 Å². The van der Waals surface area contributed by atoms with Crippen molar-refractivity contribution in [2.75, 3.05) is 6.54 Å². The average molecular weight is 253 g/mol. The largest absolute Gasteiger partial charge is 0.388 e. The van der Waals surface area contributed by atoms with Crippen LogP contribution in [0.25, 0.3) is 0 Å². The van der Waals surface area contributed by atoms with Crippen LogP contribution in [0, 0.1) is 5.41 Å². The van der Waals surface area contributed by atoms with Crippen molar-refractivity contribution in [3.63, 3.8) is 0 Å². The van der Waals surface area contributed by atoms with Gasteiger partial charge in [0.05, 0.1) is 17.0 Å². The highest BCUT2D eigenvalue weighted by molar-refractivity contribution is 5.76. The number of hydrogen-bond donors (Lipinski definition) is 2. The summed E-state index contributed by atoms with van der Waals surface area (Å²) in [4.78, 5) is 2.54. The molecule has 2 rings (SSSR count). The molecular weight excluding hydrogens is 226 g/mol. The zero-order chi connectivity index (χ0) is 13.6. The Morgan fingerprint density at radius 2 is 1.94 bits per heavy atom. The van der Waals surface area contributed by atoms with Crippen LogP contribution in [0.5, 0.6) is 0 Å². The summed E-state index contributed by atoms with van der Waals surface area (Å²) in [6.07, 6.45) is 4.30. The maximum absolute atomic E-state index is 7.42. The lowest BCUT2D eigenvalue weighted by Crippen LogP contribution is -2.48. The molecule has 1 heterocycles. The van der Waals surface area contributed by atoms with Gasteiger partial charge in [-0.25, -0.2) is 0 Å². The van der Waals surface area contributed by atoms with E-state index in [9.17, 15) is 0 Å². The first-order valence-electron chi connectivity index (χ1n) is 7.00. The minimum Gasteiger partial charge on any atom is -0.388 e. The van der Waals surface area contributed by atoms with Crippen molar-refractivity contribution in [1.29, 1.82) is 5.41 Å². The van der Waals surface area contributed by atoms with Gasteiger partial charge in [0, 0.05) is 25.0 Å². The topological polar surface area (TPSA) is 62.3 Å². The molecule has 2 aliphatic rings. The van der Waals surface area contributed by atoms with E-state index in [1.807, 2.05) is 0 Å². The normalized spacial score (nSPS) is 29.7. The lowest BCUT2D eigenvalue weighted by Gasteiger charge is -2.36. The molecule has 18 heavy (non-hydrogen) atoms. The van der Waals surface area contributed by atoms with Crippen LogP contribution in [0.2, 0.25) is 0 Å². The van der Waals surface area contributed by atoms with E-state index in [0.717, 1.165) is 13.0 Å². The molecule has 0 aromatic carbocycles. The van der Waals surface area contributed by atoms with Crippen molar-refractivity contribution in [3.05, 3.63) is 0 Å². The van der Waals surface area contributed by atoms with Crippen molar-refractivity contribution < 1.29 is 4.74 Å². The minimum atomic E-state index is -0.108. The molecule has 1 saturated heterocycles. The number of nitrogens with zero attached hydrogens (tertiary/aromatic N) is 1. The molecule has 0 bridgehead atoms. The van der Waals surface area contributed by atoms with Crippen LogP contribution in [0.3, 0.4) is 0 Å². The van der Waals surface area contributed by atoms with Gasteiger partial charge in [0.15, 0.2) is 0 Å². The molecule has 0 radical (unpaired) electrons. The van der Waals surface area contributed by atoms with E-state index < -0.39 is 0 Å². The van der Waals surface area contributed by atoms with Crippen molar-refractivity contribution in [2.45, 2.75) is 76.7 Å². The van der Waals surface area contributed by atoms with Gasteiger partial charge in [-0.05, 0) is 47.0 Å². The lowest BCUT2D eigenvalue weighted by atomic mass is 9.92. The van der Waals surface area contributed by atoms with E-state index in [1.54, 1.807) is 0 Å². The molecule has 4 heteroatoms. The first kappa shape index (κ1) is 13.8. The highest BCUT2D eigenvalue weighted by atomic mass is 16.5. The molecule has 2 fully saturated rings. The molecule has 1 aliphatic heterocycles. The molecule has 3 N–H and O–H groups in total. The summed E-state index contributed by atoms with van der Waals surface area (Å²) >= 11 is 0. The van der Waals surface area contributed by atoms with Crippen molar-refractivity contribution in [1.82, 2.24) is 4.90 Å². The van der Waals surface area contributed by atoms with Crippen LogP contribution in [0.4, 0.5) is 0 Å². The smallest absolute Gasteiger partial charge is 0.0918 e. The minimum absolute atomic E-state index is 0.0441. The second-order valence-corrected chi connectivity index (χ2v) is 6.93. The van der Waals surface area contributed by atoms with Gasteiger partial charge < -0.3 is 10.5 Å². The van der Waals surface area contributed by atoms with Crippen LogP contribution in [-0.4, -0.2) is 40.6 Å². The molecule has 104 valence electrons. The number of rotatable bonds is 5. The first-order chi connectivity index (χ1) is 8.21. The Morgan fingerprint density at radius 1 is 1.33 bits per heavy atom. The predicted octanol–water partition coefficient (Wildman–Crippen LogP) is 2.12. The molecule has 0 amide bonds. The Balaban J connectivity index is 2.08. The third-order valence-electron chi connectivity index (χ3n) is 4.08. The summed E-state index contributed by atoms with van der Waals surface area (Å²) in [5.74, 6) is 0.289. The van der Waals surface area contributed by atoms with Gasteiger partial charge in [-0.2, -0.15) is 0 Å². The maximum atomic E-state index is 7.42. The van der Waals surface area contributed by atoms with Gasteiger partial charge in [-0.1, -0.05) is 0 Å². The molecule has 0 aromatic rings. The quantitative estimate of drug-likeness (QED) is 0.583. The Morgan fingerprint density at radius 3 is 2.33 bits per heavy atom. The molecule has 1 unspecified atom stereocenters. The fraction of sp³-hybridized carbons (Fsp3) is 0.929. The lowest BCUT2D eigenvalue weighted by molar-refractivity contribution is -0.0811. The van der Waals surface area contributed by atoms with E-state index in [-0.39, 0.29) is 17.0 Å². The molecule has 0 aromatic heterocycles. The second-order valence-electron chi connectivity index (χ2n) is 6.93. The molecular formula is C14H27N3O. The Kier molecular flexibility index (Phi) is 3.45. The van der Waals surface area contributed by atoms with Crippen molar-refractivity contribution in [2.24, 2.45) is 5.73 Å². The molecule has 1 atom stereocenters. The fourth-order valence-electron chi connectivity index (χ4n) is 3.30. The summed E-state index contributed by atoms with van der Waals surface area (Å²) < 4.78 is 6.19. The highest BCUT2D eigenvalue weighted by Crippen LogP contribution is 2.43. The van der Waals surface area contributed by atoms with Crippen LogP contribution in [0.15, 0.2) is 0 Å². The third kappa shape index (κ3) is 3.04. The number of hydrogen-bond acceptors (Lipinski definition) is 3. The van der Waals surface area contributed by atoms with Gasteiger partial charge in [-0.3, -0.25) is 10.3 Å². The SMILES string of the molecule is CC1(C)CC(N(CCC(=N)N)C2CC2)C(C)(C)O1. The van der Waals surface area contributed by atoms with Crippen LogP contribution >= 0.6 is 0 Å². The molecule has 4 nitrogen and oxygen atoms in total. The van der Waals surface area contributed by atoms with E-state index in [0.29, 0.717) is 18.5 Å². The second kappa shape index (κ2) is 4.49. The third-order valence-corrected chi connectivity index (χ3v) is 4.08. The Hall–Kier alpha value is -0.610. The summed E-state index contributed by atoms with van der Waals surface area (Å²) in [6.45, 7) is 9.62. The molecule has 1 saturated carbocycles.